The number of nitrogens with zero attached hydrogens (tertiary/aromatic N) is 2. The molecule has 2 aromatic heterocycles. The number of aromatic nitrogens is 2. The van der Waals surface area contributed by atoms with Crippen LogP contribution < -0.4 is 5.73 Å². The third-order valence-electron chi connectivity index (χ3n) is 3.77. The molecule has 0 saturated heterocycles. The van der Waals surface area contributed by atoms with Crippen molar-refractivity contribution in [3.63, 3.8) is 0 Å². The van der Waals surface area contributed by atoms with Crippen molar-refractivity contribution in [2.45, 2.75) is 13.5 Å². The topological polar surface area (TPSA) is 64.9 Å². The fourth-order valence-electron chi connectivity index (χ4n) is 2.70. The molecular formula is C18H15N3OS. The van der Waals surface area contributed by atoms with Crippen LogP contribution in [-0.4, -0.2) is 10.1 Å². The first-order chi connectivity index (χ1) is 11.3. The number of nitrogens with two attached hydrogens (primary N) is 1. The summed E-state index contributed by atoms with van der Waals surface area (Å²) in [4.78, 5) is 5.41. The Kier molecular flexibility index (Phi) is 3.44. The molecule has 23 heavy (non-hydrogen) atoms. The quantitative estimate of drug-likeness (QED) is 0.608. The van der Waals surface area contributed by atoms with Gasteiger partial charge in [-0.05, 0) is 24.1 Å². The summed E-state index contributed by atoms with van der Waals surface area (Å²) in [6, 6.07) is 16.6. The van der Waals surface area contributed by atoms with Crippen molar-refractivity contribution >= 4 is 21.4 Å². The van der Waals surface area contributed by atoms with Gasteiger partial charge in [-0.25, -0.2) is 0 Å². The zero-order chi connectivity index (χ0) is 15.8. The first-order valence-corrected chi connectivity index (χ1v) is 8.19. The van der Waals surface area contributed by atoms with Crippen molar-refractivity contribution in [3.05, 3.63) is 59.9 Å². The van der Waals surface area contributed by atoms with E-state index in [2.05, 4.69) is 40.5 Å². The van der Waals surface area contributed by atoms with Crippen LogP contribution >= 0.6 is 11.3 Å². The molecule has 0 unspecified atom stereocenters. The Labute approximate surface area is 137 Å². The van der Waals surface area contributed by atoms with Gasteiger partial charge in [0.1, 0.15) is 4.88 Å². The van der Waals surface area contributed by atoms with Gasteiger partial charge in [-0.1, -0.05) is 47.6 Å². The van der Waals surface area contributed by atoms with Gasteiger partial charge in [-0.15, -0.1) is 11.3 Å². The predicted octanol–water partition coefficient (Wildman–Crippen LogP) is 4.39. The number of rotatable bonds is 3. The smallest absolute Gasteiger partial charge is 0.268 e. The van der Waals surface area contributed by atoms with Crippen LogP contribution in [0.3, 0.4) is 0 Å². The number of hydrogen-bond donors (Lipinski definition) is 1. The molecule has 5 heteroatoms. The van der Waals surface area contributed by atoms with Crippen LogP contribution in [0.2, 0.25) is 0 Å². The normalized spacial score (nSPS) is 11.2. The summed E-state index contributed by atoms with van der Waals surface area (Å²) in [7, 11) is 0. The maximum Gasteiger partial charge on any atom is 0.268 e. The number of hydrogen-bond acceptors (Lipinski definition) is 5. The van der Waals surface area contributed by atoms with E-state index in [1.165, 1.54) is 10.1 Å². The van der Waals surface area contributed by atoms with Crippen molar-refractivity contribution in [2.75, 3.05) is 0 Å². The van der Waals surface area contributed by atoms with Gasteiger partial charge in [0.15, 0.2) is 5.82 Å². The Bertz CT molecular complexity index is 973. The van der Waals surface area contributed by atoms with E-state index >= 15 is 0 Å². The van der Waals surface area contributed by atoms with E-state index in [1.807, 2.05) is 25.1 Å². The molecule has 0 aliphatic heterocycles. The largest absolute Gasteiger partial charge is 0.333 e. The molecule has 2 heterocycles. The molecule has 4 nitrogen and oxygen atoms in total. The number of aryl methyl sites for hydroxylation is 1. The lowest BCUT2D eigenvalue weighted by atomic mass is 10.0. The highest BCUT2D eigenvalue weighted by Gasteiger charge is 2.19. The lowest BCUT2D eigenvalue weighted by molar-refractivity contribution is 0.426. The van der Waals surface area contributed by atoms with Gasteiger partial charge in [-0.3, -0.25) is 0 Å². The van der Waals surface area contributed by atoms with Gasteiger partial charge < -0.3 is 10.3 Å². The highest BCUT2D eigenvalue weighted by atomic mass is 32.1. The van der Waals surface area contributed by atoms with Crippen molar-refractivity contribution in [1.29, 1.82) is 0 Å². The molecule has 114 valence electrons. The summed E-state index contributed by atoms with van der Waals surface area (Å²) in [6.45, 7) is 2.36. The van der Waals surface area contributed by atoms with Crippen LogP contribution in [0, 0.1) is 6.92 Å². The van der Waals surface area contributed by atoms with E-state index in [0.29, 0.717) is 18.3 Å². The Morgan fingerprint density at radius 2 is 1.96 bits per heavy atom. The standard InChI is InChI=1S/C18H15N3OS/c1-11-20-18(22-21-11)17-16(13-5-3-2-4-6-13)14-8-7-12(10-19)9-15(14)23-17/h2-9H,10,19H2,1H3. The number of benzene rings is 2. The van der Waals surface area contributed by atoms with Crippen LogP contribution in [0.15, 0.2) is 53.1 Å². The van der Waals surface area contributed by atoms with Crippen molar-refractivity contribution in [3.8, 4) is 21.9 Å². The summed E-state index contributed by atoms with van der Waals surface area (Å²) in [6.07, 6.45) is 0. The van der Waals surface area contributed by atoms with E-state index in [9.17, 15) is 0 Å². The minimum atomic E-state index is 0.531. The molecule has 0 aliphatic rings. The number of thiophene rings is 1. The van der Waals surface area contributed by atoms with Crippen LogP contribution in [-0.2, 0) is 6.54 Å². The molecule has 0 bridgehead atoms. The highest BCUT2D eigenvalue weighted by Crippen LogP contribution is 2.44. The maximum absolute atomic E-state index is 5.78. The van der Waals surface area contributed by atoms with Gasteiger partial charge in [0, 0.05) is 22.2 Å². The maximum atomic E-state index is 5.78. The zero-order valence-electron chi connectivity index (χ0n) is 12.6. The molecule has 4 rings (SSSR count). The molecule has 0 amide bonds. The summed E-state index contributed by atoms with van der Waals surface area (Å²) in [5.41, 5.74) is 9.17. The van der Waals surface area contributed by atoms with Crippen LogP contribution in [0.5, 0.6) is 0 Å². The van der Waals surface area contributed by atoms with Crippen molar-refractivity contribution in [1.82, 2.24) is 10.1 Å². The van der Waals surface area contributed by atoms with Crippen molar-refractivity contribution in [2.24, 2.45) is 5.73 Å². The van der Waals surface area contributed by atoms with Gasteiger partial charge in [0.05, 0.1) is 0 Å². The molecule has 0 fully saturated rings. The summed E-state index contributed by atoms with van der Waals surface area (Å²) in [5.74, 6) is 1.20. The summed E-state index contributed by atoms with van der Waals surface area (Å²) >= 11 is 1.66. The minimum absolute atomic E-state index is 0.531. The minimum Gasteiger partial charge on any atom is -0.333 e. The fourth-order valence-corrected chi connectivity index (χ4v) is 3.91. The molecule has 2 aromatic carbocycles. The van der Waals surface area contributed by atoms with E-state index in [1.54, 1.807) is 11.3 Å². The second-order valence-electron chi connectivity index (χ2n) is 5.35. The Morgan fingerprint density at radius 1 is 1.13 bits per heavy atom. The van der Waals surface area contributed by atoms with Gasteiger partial charge in [0.25, 0.3) is 5.89 Å². The molecule has 2 N–H and O–H groups in total. The Balaban J connectivity index is 2.04. The monoisotopic (exact) mass is 321 g/mol. The molecule has 0 spiro atoms. The zero-order valence-corrected chi connectivity index (χ0v) is 13.4. The third kappa shape index (κ3) is 2.44. The first-order valence-electron chi connectivity index (χ1n) is 7.38. The molecule has 0 atom stereocenters. The lowest BCUT2D eigenvalue weighted by Crippen LogP contribution is -1.94. The van der Waals surface area contributed by atoms with Crippen molar-refractivity contribution < 1.29 is 4.52 Å². The number of fused-ring (bicyclic) bond motifs is 1. The van der Waals surface area contributed by atoms with Gasteiger partial charge in [-0.2, -0.15) is 4.98 Å². The Hall–Kier alpha value is -2.50. The highest BCUT2D eigenvalue weighted by molar-refractivity contribution is 7.23. The fraction of sp³-hybridized carbons (Fsp3) is 0.111. The molecule has 0 radical (unpaired) electrons. The average Bonchev–Trinajstić information content (AvgIpc) is 3.18. The van der Waals surface area contributed by atoms with Gasteiger partial charge in [0.2, 0.25) is 0 Å². The van der Waals surface area contributed by atoms with E-state index in [4.69, 9.17) is 10.3 Å². The van der Waals surface area contributed by atoms with E-state index in [0.717, 1.165) is 21.6 Å². The molecule has 4 aromatic rings. The lowest BCUT2D eigenvalue weighted by Gasteiger charge is -2.03. The second kappa shape index (κ2) is 5.61. The van der Waals surface area contributed by atoms with Gasteiger partial charge >= 0.3 is 0 Å². The summed E-state index contributed by atoms with van der Waals surface area (Å²) in [5, 5.41) is 5.12. The Morgan fingerprint density at radius 3 is 2.65 bits per heavy atom. The van der Waals surface area contributed by atoms with Crippen LogP contribution in [0.25, 0.3) is 32.0 Å². The summed E-state index contributed by atoms with van der Waals surface area (Å²) < 4.78 is 6.60. The van der Waals surface area contributed by atoms with Crippen LogP contribution in [0.4, 0.5) is 0 Å². The van der Waals surface area contributed by atoms with Crippen LogP contribution in [0.1, 0.15) is 11.4 Å². The third-order valence-corrected chi connectivity index (χ3v) is 4.91. The average molecular weight is 321 g/mol. The first kappa shape index (κ1) is 14.1. The molecule has 0 saturated carbocycles. The SMILES string of the molecule is Cc1noc(-c2sc3cc(CN)ccc3c2-c2ccccc2)n1. The van der Waals surface area contributed by atoms with E-state index < -0.39 is 0 Å². The molecular weight excluding hydrogens is 306 g/mol. The second-order valence-corrected chi connectivity index (χ2v) is 6.41. The molecule has 0 aliphatic carbocycles. The predicted molar refractivity (Wildman–Crippen MR) is 93.2 cm³/mol. The van der Waals surface area contributed by atoms with E-state index in [-0.39, 0.29) is 0 Å².